The van der Waals surface area contributed by atoms with Gasteiger partial charge in [0, 0.05) is 52.5 Å². The van der Waals surface area contributed by atoms with Crippen LogP contribution in [0.4, 0.5) is 10.1 Å². The first-order chi connectivity index (χ1) is 11.5. The maximum Gasteiger partial charge on any atom is 0.243 e. The van der Waals surface area contributed by atoms with E-state index in [1.165, 1.54) is 12.1 Å². The zero-order chi connectivity index (χ0) is 17.5. The van der Waals surface area contributed by atoms with Crippen molar-refractivity contribution in [3.05, 3.63) is 30.1 Å². The second kappa shape index (κ2) is 10.4. The van der Waals surface area contributed by atoms with E-state index < -0.39 is 0 Å². The van der Waals surface area contributed by atoms with Crippen molar-refractivity contribution in [3.63, 3.8) is 0 Å². The molecule has 0 aromatic heterocycles. The summed E-state index contributed by atoms with van der Waals surface area (Å²) in [5, 5.41) is 3.25. The molecular weight excluding hydrogens is 436 g/mol. The molecule has 25 heavy (non-hydrogen) atoms. The van der Waals surface area contributed by atoms with Crippen LogP contribution in [0, 0.1) is 5.82 Å². The number of amides is 1. The monoisotopic (exact) mass is 463 g/mol. The Morgan fingerprint density at radius 1 is 1.20 bits per heavy atom. The Hall–Kier alpha value is -1.58. The van der Waals surface area contributed by atoms with E-state index in [1.807, 2.05) is 6.92 Å². The first-order valence-corrected chi connectivity index (χ1v) is 8.25. The van der Waals surface area contributed by atoms with Gasteiger partial charge in [0.1, 0.15) is 12.4 Å². The van der Waals surface area contributed by atoms with E-state index in [0.717, 1.165) is 44.4 Å². The molecule has 0 saturated carbocycles. The highest BCUT2D eigenvalue weighted by Crippen LogP contribution is 2.16. The van der Waals surface area contributed by atoms with Gasteiger partial charge in [-0.3, -0.25) is 4.79 Å². The minimum absolute atomic E-state index is 0. The number of piperazine rings is 1. The molecule has 6 nitrogen and oxygen atoms in total. The summed E-state index contributed by atoms with van der Waals surface area (Å²) in [6, 6.07) is 6.58. The second-order valence-electron chi connectivity index (χ2n) is 5.91. The molecule has 0 spiro atoms. The molecular formula is C17H27FIN5O. The van der Waals surface area contributed by atoms with Crippen LogP contribution in [0.15, 0.2) is 29.3 Å². The van der Waals surface area contributed by atoms with Gasteiger partial charge in [-0.1, -0.05) is 0 Å². The molecule has 0 aliphatic carbocycles. The summed E-state index contributed by atoms with van der Waals surface area (Å²) < 4.78 is 13.0. The van der Waals surface area contributed by atoms with Crippen LogP contribution in [0.5, 0.6) is 0 Å². The third-order valence-electron chi connectivity index (χ3n) is 3.97. The van der Waals surface area contributed by atoms with Crippen LogP contribution in [0.2, 0.25) is 0 Å². The van der Waals surface area contributed by atoms with Gasteiger partial charge in [0.05, 0.1) is 0 Å². The predicted octanol–water partition coefficient (Wildman–Crippen LogP) is 1.62. The number of benzene rings is 1. The Bertz CT molecular complexity index is 571. The fourth-order valence-corrected chi connectivity index (χ4v) is 2.54. The van der Waals surface area contributed by atoms with Crippen LogP contribution in [0.25, 0.3) is 0 Å². The first-order valence-electron chi connectivity index (χ1n) is 8.25. The number of guanidine groups is 1. The Labute approximate surface area is 166 Å². The zero-order valence-corrected chi connectivity index (χ0v) is 17.4. The van der Waals surface area contributed by atoms with Crippen molar-refractivity contribution in [2.45, 2.75) is 6.92 Å². The number of rotatable bonds is 4. The number of likely N-dealkylation sites (N-methyl/N-ethyl adjacent to an activating group) is 1. The average molecular weight is 463 g/mol. The Morgan fingerprint density at radius 2 is 1.80 bits per heavy atom. The molecule has 8 heteroatoms. The number of carbonyl (C=O) groups excluding carboxylic acids is 1. The summed E-state index contributed by atoms with van der Waals surface area (Å²) in [6.45, 7) is 6.19. The lowest BCUT2D eigenvalue weighted by molar-refractivity contribution is -0.127. The standard InChI is InChI=1S/C17H26FN5O.HI/c1-4-19-17(20-13-16(24)21(2)3)23-11-9-22(10-12-23)15-7-5-14(18)6-8-15;/h5-8H,4,9-13H2,1-3H3,(H,19,20);1H. The van der Waals surface area contributed by atoms with Crippen LogP contribution in [-0.2, 0) is 4.79 Å². The van der Waals surface area contributed by atoms with Gasteiger partial charge >= 0.3 is 0 Å². The van der Waals surface area contributed by atoms with E-state index >= 15 is 0 Å². The molecule has 1 aliphatic rings. The van der Waals surface area contributed by atoms with Gasteiger partial charge in [0.15, 0.2) is 5.96 Å². The van der Waals surface area contributed by atoms with Crippen LogP contribution in [0.3, 0.4) is 0 Å². The maximum atomic E-state index is 13.0. The van der Waals surface area contributed by atoms with Crippen molar-refractivity contribution < 1.29 is 9.18 Å². The van der Waals surface area contributed by atoms with Crippen LogP contribution >= 0.6 is 24.0 Å². The summed E-state index contributed by atoms with van der Waals surface area (Å²) in [6.07, 6.45) is 0. The van der Waals surface area contributed by atoms with E-state index in [4.69, 9.17) is 0 Å². The van der Waals surface area contributed by atoms with Gasteiger partial charge in [-0.25, -0.2) is 9.38 Å². The third kappa shape index (κ3) is 6.33. The van der Waals surface area contributed by atoms with Crippen LogP contribution in [0.1, 0.15) is 6.92 Å². The number of carbonyl (C=O) groups is 1. The Balaban J connectivity index is 0.00000312. The highest BCUT2D eigenvalue weighted by molar-refractivity contribution is 14.0. The van der Waals surface area contributed by atoms with Crippen molar-refractivity contribution in [2.75, 3.05) is 58.3 Å². The van der Waals surface area contributed by atoms with E-state index in [9.17, 15) is 9.18 Å². The molecule has 1 fully saturated rings. The zero-order valence-electron chi connectivity index (χ0n) is 15.0. The molecule has 1 heterocycles. The van der Waals surface area contributed by atoms with Crippen molar-refractivity contribution >= 4 is 41.5 Å². The fourth-order valence-electron chi connectivity index (χ4n) is 2.54. The topological polar surface area (TPSA) is 51.2 Å². The molecule has 0 radical (unpaired) electrons. The molecule has 1 aromatic carbocycles. The van der Waals surface area contributed by atoms with Gasteiger partial charge < -0.3 is 20.0 Å². The molecule has 1 aliphatic heterocycles. The molecule has 1 amide bonds. The summed E-state index contributed by atoms with van der Waals surface area (Å²) in [7, 11) is 3.46. The molecule has 0 unspecified atom stereocenters. The van der Waals surface area contributed by atoms with Crippen molar-refractivity contribution in [1.82, 2.24) is 15.1 Å². The molecule has 2 rings (SSSR count). The number of hydrogen-bond acceptors (Lipinski definition) is 3. The average Bonchev–Trinajstić information content (AvgIpc) is 2.59. The van der Waals surface area contributed by atoms with Gasteiger partial charge in [-0.15, -0.1) is 24.0 Å². The lowest BCUT2D eigenvalue weighted by Gasteiger charge is -2.37. The molecule has 1 saturated heterocycles. The number of anilines is 1. The van der Waals surface area contributed by atoms with Crippen molar-refractivity contribution in [2.24, 2.45) is 4.99 Å². The molecule has 0 bridgehead atoms. The van der Waals surface area contributed by atoms with E-state index in [2.05, 4.69) is 20.1 Å². The molecule has 1 N–H and O–H groups in total. The second-order valence-corrected chi connectivity index (χ2v) is 5.91. The van der Waals surface area contributed by atoms with Gasteiger partial charge in [-0.2, -0.15) is 0 Å². The first kappa shape index (κ1) is 21.5. The van der Waals surface area contributed by atoms with Crippen LogP contribution < -0.4 is 10.2 Å². The fraction of sp³-hybridized carbons (Fsp3) is 0.529. The van der Waals surface area contributed by atoms with Gasteiger partial charge in [0.25, 0.3) is 0 Å². The molecule has 0 atom stereocenters. The van der Waals surface area contributed by atoms with Gasteiger partial charge in [0.2, 0.25) is 5.91 Å². The predicted molar refractivity (Wildman–Crippen MR) is 110 cm³/mol. The number of aliphatic imine (C=N–C) groups is 1. The Kier molecular flexibility index (Phi) is 8.95. The molecule has 140 valence electrons. The summed E-state index contributed by atoms with van der Waals surface area (Å²) in [5.74, 6) is 0.534. The third-order valence-corrected chi connectivity index (χ3v) is 3.97. The minimum atomic E-state index is -0.218. The number of nitrogens with zero attached hydrogens (tertiary/aromatic N) is 4. The molecule has 1 aromatic rings. The summed E-state index contributed by atoms with van der Waals surface area (Å²) in [4.78, 5) is 22.1. The van der Waals surface area contributed by atoms with Crippen LogP contribution in [-0.4, -0.2) is 75.0 Å². The number of halogens is 2. The quantitative estimate of drug-likeness (QED) is 0.419. The highest BCUT2D eigenvalue weighted by atomic mass is 127. The normalized spacial score (nSPS) is 14.8. The van der Waals surface area contributed by atoms with Gasteiger partial charge in [-0.05, 0) is 31.2 Å². The SMILES string of the molecule is CCNC(=NCC(=O)N(C)C)N1CCN(c2ccc(F)cc2)CC1.I. The lowest BCUT2D eigenvalue weighted by Crippen LogP contribution is -2.52. The largest absolute Gasteiger partial charge is 0.368 e. The number of hydrogen-bond donors (Lipinski definition) is 1. The van der Waals surface area contributed by atoms with Crippen molar-refractivity contribution in [3.8, 4) is 0 Å². The summed E-state index contributed by atoms with van der Waals surface area (Å²) >= 11 is 0. The summed E-state index contributed by atoms with van der Waals surface area (Å²) in [5.41, 5.74) is 1.03. The lowest BCUT2D eigenvalue weighted by atomic mass is 10.2. The van der Waals surface area contributed by atoms with Crippen molar-refractivity contribution in [1.29, 1.82) is 0 Å². The van der Waals surface area contributed by atoms with E-state index in [-0.39, 0.29) is 42.2 Å². The minimum Gasteiger partial charge on any atom is -0.368 e. The highest BCUT2D eigenvalue weighted by Gasteiger charge is 2.20. The maximum absolute atomic E-state index is 13.0. The van der Waals surface area contributed by atoms with E-state index in [0.29, 0.717) is 0 Å². The number of nitrogens with one attached hydrogen (secondary N) is 1. The smallest absolute Gasteiger partial charge is 0.243 e. The van der Waals surface area contributed by atoms with E-state index in [1.54, 1.807) is 31.1 Å². The Morgan fingerprint density at radius 3 is 2.32 bits per heavy atom.